The van der Waals surface area contributed by atoms with E-state index in [2.05, 4.69) is 22.6 Å². The lowest BCUT2D eigenvalue weighted by Gasteiger charge is -2.02. The molecule has 0 aliphatic rings. The Morgan fingerprint density at radius 3 is 1.43 bits per heavy atom. The van der Waals surface area contributed by atoms with Crippen LogP contribution in [0.4, 0.5) is 0 Å². The summed E-state index contributed by atoms with van der Waals surface area (Å²) in [7, 11) is 0. The Hall–Kier alpha value is -2.24. The smallest absolute Gasteiger partial charge is 0.370 e. The monoisotopic (exact) mass is 200 g/mol. The number of hydrogen-bond donors (Lipinski definition) is 2. The van der Waals surface area contributed by atoms with Gasteiger partial charge in [0.15, 0.2) is 0 Å². The van der Waals surface area contributed by atoms with Gasteiger partial charge in [-0.05, 0) is 0 Å². The number of aliphatic hydroxyl groups excluding tert-OH is 2. The van der Waals surface area contributed by atoms with Crippen molar-refractivity contribution >= 4 is 11.9 Å². The summed E-state index contributed by atoms with van der Waals surface area (Å²) < 4.78 is 8.05. The molecule has 0 aromatic heterocycles. The van der Waals surface area contributed by atoms with Crippen molar-refractivity contribution in [3.05, 3.63) is 37.2 Å². The van der Waals surface area contributed by atoms with Crippen LogP contribution in [0.15, 0.2) is 37.2 Å². The van der Waals surface area contributed by atoms with E-state index in [1.165, 1.54) is 0 Å². The highest BCUT2D eigenvalue weighted by molar-refractivity contribution is 5.82. The lowest BCUT2D eigenvalue weighted by molar-refractivity contribution is -0.145. The average molecular weight is 200 g/mol. The van der Waals surface area contributed by atoms with Crippen LogP contribution in [0, 0.1) is 0 Å². The van der Waals surface area contributed by atoms with E-state index in [9.17, 15) is 9.59 Å². The summed E-state index contributed by atoms with van der Waals surface area (Å²) >= 11 is 0. The summed E-state index contributed by atoms with van der Waals surface area (Å²) in [5.41, 5.74) is 0. The zero-order valence-electron chi connectivity index (χ0n) is 7.10. The molecule has 0 saturated heterocycles. The Morgan fingerprint density at radius 2 is 1.21 bits per heavy atom. The first-order valence-electron chi connectivity index (χ1n) is 3.32. The molecule has 6 heteroatoms. The topological polar surface area (TPSA) is 93.1 Å². The number of rotatable bonds is 4. The second-order valence-corrected chi connectivity index (χ2v) is 1.86. The van der Waals surface area contributed by atoms with Gasteiger partial charge in [-0.15, -0.1) is 0 Å². The number of esters is 2. The Balaban J connectivity index is 4.42. The van der Waals surface area contributed by atoms with Gasteiger partial charge in [0.05, 0.1) is 0 Å². The molecule has 0 fully saturated rings. The minimum atomic E-state index is -1.23. The lowest BCUT2D eigenvalue weighted by Crippen LogP contribution is -2.07. The predicted molar refractivity (Wildman–Crippen MR) is 44.9 cm³/mol. The maximum absolute atomic E-state index is 10.5. The summed E-state index contributed by atoms with van der Waals surface area (Å²) in [6.45, 7) is 6.07. The second kappa shape index (κ2) is 5.41. The van der Waals surface area contributed by atoms with Crippen LogP contribution in [-0.2, 0) is 19.1 Å². The minimum Gasteiger partial charge on any atom is -0.475 e. The summed E-state index contributed by atoms with van der Waals surface area (Å²) in [5, 5.41) is 17.6. The number of aliphatic hydroxyl groups is 2. The maximum Gasteiger partial charge on any atom is 0.370 e. The van der Waals surface area contributed by atoms with Crippen LogP contribution in [0.2, 0.25) is 0 Å². The van der Waals surface area contributed by atoms with Crippen molar-refractivity contribution in [2.45, 2.75) is 0 Å². The van der Waals surface area contributed by atoms with E-state index < -0.39 is 23.8 Å². The fourth-order valence-corrected chi connectivity index (χ4v) is 0.361. The van der Waals surface area contributed by atoms with Gasteiger partial charge in [0.1, 0.15) is 0 Å². The van der Waals surface area contributed by atoms with E-state index in [0.717, 1.165) is 12.2 Å². The minimum absolute atomic E-state index is 0.749. The molecule has 0 radical (unpaired) electrons. The Bertz CT molecular complexity index is 271. The Labute approximate surface area is 79.4 Å². The Kier molecular flexibility index (Phi) is 4.55. The van der Waals surface area contributed by atoms with Gasteiger partial charge >= 0.3 is 23.8 Å². The summed E-state index contributed by atoms with van der Waals surface area (Å²) in [6.07, 6.45) is 1.50. The number of hydrogen-bond acceptors (Lipinski definition) is 6. The molecule has 0 saturated carbocycles. The largest absolute Gasteiger partial charge is 0.475 e. The van der Waals surface area contributed by atoms with E-state index in [1.807, 2.05) is 0 Å². The second-order valence-electron chi connectivity index (χ2n) is 1.86. The molecule has 0 heterocycles. The fourth-order valence-electron chi connectivity index (χ4n) is 0.361. The van der Waals surface area contributed by atoms with Gasteiger partial charge in [0.25, 0.3) is 0 Å². The zero-order chi connectivity index (χ0) is 11.1. The molecule has 0 rings (SSSR count). The molecule has 14 heavy (non-hydrogen) atoms. The van der Waals surface area contributed by atoms with Crippen molar-refractivity contribution in [2.75, 3.05) is 0 Å². The molecule has 0 spiro atoms. The maximum atomic E-state index is 10.5. The lowest BCUT2D eigenvalue weighted by atomic mass is 10.6. The zero-order valence-corrected chi connectivity index (χ0v) is 7.10. The van der Waals surface area contributed by atoms with Crippen LogP contribution >= 0.6 is 0 Å². The van der Waals surface area contributed by atoms with Crippen molar-refractivity contribution < 1.29 is 29.3 Å². The van der Waals surface area contributed by atoms with Gasteiger partial charge in [-0.3, -0.25) is 0 Å². The highest BCUT2D eigenvalue weighted by Gasteiger charge is 2.12. The Morgan fingerprint density at radius 1 is 0.929 bits per heavy atom. The first kappa shape index (κ1) is 11.8. The third kappa shape index (κ3) is 3.96. The van der Waals surface area contributed by atoms with Crippen molar-refractivity contribution in [3.8, 4) is 0 Å². The summed E-state index contributed by atoms with van der Waals surface area (Å²) in [6, 6.07) is 0. The molecule has 0 aliphatic heterocycles. The van der Waals surface area contributed by atoms with Crippen LogP contribution in [0.25, 0.3) is 0 Å². The molecular weight excluding hydrogens is 192 g/mol. The SMILES string of the molecule is C=CC(=O)O/C(O)=C(/O)OC(=O)C=C. The standard InChI is InChI=1S/C8H8O6/c1-3-5(9)13-7(11)8(12)14-6(10)4-2/h3-4,11-12H,1-2H2/b8-7-. The molecule has 0 aliphatic carbocycles. The third-order valence-electron chi connectivity index (χ3n) is 0.911. The van der Waals surface area contributed by atoms with Crippen LogP contribution in [0.5, 0.6) is 0 Å². The molecule has 0 bridgehead atoms. The van der Waals surface area contributed by atoms with Crippen LogP contribution in [0.3, 0.4) is 0 Å². The van der Waals surface area contributed by atoms with Crippen molar-refractivity contribution in [1.29, 1.82) is 0 Å². The first-order chi connectivity index (χ1) is 6.51. The van der Waals surface area contributed by atoms with Crippen molar-refractivity contribution in [3.63, 3.8) is 0 Å². The van der Waals surface area contributed by atoms with E-state index in [0.29, 0.717) is 0 Å². The van der Waals surface area contributed by atoms with Gasteiger partial charge in [0, 0.05) is 12.2 Å². The molecule has 0 aromatic rings. The molecule has 0 aromatic carbocycles. The van der Waals surface area contributed by atoms with Gasteiger partial charge in [-0.2, -0.15) is 0 Å². The molecule has 0 unspecified atom stereocenters. The molecule has 76 valence electrons. The van der Waals surface area contributed by atoms with E-state index in [1.54, 1.807) is 0 Å². The van der Waals surface area contributed by atoms with Gasteiger partial charge in [-0.1, -0.05) is 13.2 Å². The molecule has 0 atom stereocenters. The van der Waals surface area contributed by atoms with E-state index in [-0.39, 0.29) is 0 Å². The quantitative estimate of drug-likeness (QED) is 0.394. The fraction of sp³-hybridized carbons (Fsp3) is 0. The van der Waals surface area contributed by atoms with Crippen LogP contribution in [-0.4, -0.2) is 22.2 Å². The highest BCUT2D eigenvalue weighted by Crippen LogP contribution is 2.02. The third-order valence-corrected chi connectivity index (χ3v) is 0.911. The number of ether oxygens (including phenoxy) is 2. The van der Waals surface area contributed by atoms with Crippen LogP contribution in [0.1, 0.15) is 0 Å². The van der Waals surface area contributed by atoms with Crippen molar-refractivity contribution in [2.24, 2.45) is 0 Å². The molecule has 0 amide bonds. The van der Waals surface area contributed by atoms with Gasteiger partial charge in [-0.25, -0.2) is 9.59 Å². The van der Waals surface area contributed by atoms with Gasteiger partial charge in [0.2, 0.25) is 0 Å². The average Bonchev–Trinajstić information content (AvgIpc) is 2.17. The highest BCUT2D eigenvalue weighted by atomic mass is 16.7. The normalized spacial score (nSPS) is 10.9. The van der Waals surface area contributed by atoms with E-state index >= 15 is 0 Å². The molecule has 6 nitrogen and oxygen atoms in total. The molecular formula is C8H8O6. The summed E-state index contributed by atoms with van der Waals surface area (Å²) in [5.74, 6) is -4.48. The van der Waals surface area contributed by atoms with E-state index in [4.69, 9.17) is 10.2 Å². The summed E-state index contributed by atoms with van der Waals surface area (Å²) in [4.78, 5) is 21.0. The van der Waals surface area contributed by atoms with Crippen LogP contribution < -0.4 is 0 Å². The number of carbonyl (C=O) groups excluding carboxylic acids is 2. The first-order valence-corrected chi connectivity index (χ1v) is 3.32. The van der Waals surface area contributed by atoms with Crippen molar-refractivity contribution in [1.82, 2.24) is 0 Å². The number of carbonyl (C=O) groups is 2. The molecule has 2 N–H and O–H groups in total. The van der Waals surface area contributed by atoms with Gasteiger partial charge < -0.3 is 19.7 Å². The predicted octanol–water partition coefficient (Wildman–Crippen LogP) is 0.687.